The van der Waals surface area contributed by atoms with Crippen molar-refractivity contribution >= 4 is 19.7 Å². The van der Waals surface area contributed by atoms with Gasteiger partial charge in [0.05, 0.1) is 10.0 Å². The molecule has 0 aliphatic heterocycles. The van der Waals surface area contributed by atoms with Crippen LogP contribution in [-0.4, -0.2) is 21.2 Å². The summed E-state index contributed by atoms with van der Waals surface area (Å²) in [6.45, 7) is 0.811. The summed E-state index contributed by atoms with van der Waals surface area (Å²) in [5, 5.41) is 3.60. The van der Waals surface area contributed by atoms with E-state index in [4.69, 9.17) is 0 Å². The van der Waals surface area contributed by atoms with Crippen molar-refractivity contribution in [2.75, 3.05) is 12.8 Å². The van der Waals surface area contributed by atoms with Crippen LogP contribution in [0.5, 0.6) is 0 Å². The molecule has 1 aliphatic carbocycles. The number of halogens is 1. The molecule has 0 radical (unpaired) electrons. The van der Waals surface area contributed by atoms with E-state index in [1.54, 1.807) is 0 Å². The summed E-state index contributed by atoms with van der Waals surface area (Å²) < 4.78 is 28.4. The Balaban J connectivity index is 0.00000177. The minimum atomic E-state index is -3.50. The van der Waals surface area contributed by atoms with Crippen LogP contribution in [0.4, 0.5) is 0 Å². The van der Waals surface area contributed by atoms with Gasteiger partial charge in [-0.1, -0.05) is 96.1 Å². The topological polar surface area (TPSA) is 60.3 Å². The zero-order chi connectivity index (χ0) is 23.2. The van der Waals surface area contributed by atoms with Gasteiger partial charge in [-0.15, -0.1) is 0 Å². The van der Waals surface area contributed by atoms with Crippen molar-refractivity contribution in [3.63, 3.8) is 0 Å². The van der Waals surface area contributed by atoms with Crippen molar-refractivity contribution < 1.29 is 25.7 Å². The second-order valence-electron chi connectivity index (χ2n) is 7.79. The average Bonchev–Trinajstić information content (AvgIpc) is 2.83. The van der Waals surface area contributed by atoms with Gasteiger partial charge in [-0.3, -0.25) is 0 Å². The number of rotatable bonds is 11. The first-order chi connectivity index (χ1) is 15.5. The summed E-state index contributed by atoms with van der Waals surface area (Å²) in [5.41, 5.74) is 3.45. The van der Waals surface area contributed by atoms with Crippen LogP contribution in [-0.2, 0) is 27.3 Å². The van der Waals surface area contributed by atoms with Crippen molar-refractivity contribution in [1.82, 2.24) is 5.32 Å². The molecule has 0 heterocycles. The molecule has 2 aromatic carbocycles. The summed E-state index contributed by atoms with van der Waals surface area (Å²) in [6, 6.07) is 19.0. The molecular formula is C26H34ClN2O2RuS+. The van der Waals surface area contributed by atoms with Gasteiger partial charge < -0.3 is 17.5 Å². The van der Waals surface area contributed by atoms with Crippen LogP contribution >= 0.6 is 9.69 Å². The van der Waals surface area contributed by atoms with Crippen LogP contribution in [0.15, 0.2) is 84.5 Å². The van der Waals surface area contributed by atoms with Crippen LogP contribution in [0.3, 0.4) is 0 Å². The van der Waals surface area contributed by atoms with Crippen LogP contribution in [0, 0.1) is 7.43 Å². The van der Waals surface area contributed by atoms with Crippen molar-refractivity contribution in [2.45, 2.75) is 44.2 Å². The molecule has 3 rings (SSSR count). The number of hydrogen-bond donors (Lipinski definition) is 1. The molecule has 0 amide bonds. The van der Waals surface area contributed by atoms with Crippen LogP contribution in [0.25, 0.3) is 4.72 Å². The molecule has 0 bridgehead atoms. The van der Waals surface area contributed by atoms with Crippen LogP contribution in [0.2, 0.25) is 0 Å². The molecule has 2 unspecified atom stereocenters. The van der Waals surface area contributed by atoms with Gasteiger partial charge in [0.2, 0.25) is 0 Å². The first kappa shape index (κ1) is 29.7. The molecule has 7 heteroatoms. The van der Waals surface area contributed by atoms with E-state index in [9.17, 15) is 8.42 Å². The molecule has 0 aromatic heterocycles. The SMILES string of the molecule is CS(=O)(=O)[N-]C(c1ccccc1)C(NCCCCC1=CC=CCC1)c1ccccc1.[CH3-].[Cl][Ru+3]. The van der Waals surface area contributed by atoms with Crippen molar-refractivity contribution in [3.05, 3.63) is 108 Å². The Labute approximate surface area is 214 Å². The van der Waals surface area contributed by atoms with E-state index in [2.05, 4.69) is 38.0 Å². The standard InChI is InChI=1S/C25H31N2O2S.CH3.ClH.Ru/c1-30(28,29)27-25(23-18-9-4-10-19-23)24(22-16-7-3-8-17-22)26-20-12-11-15-21-13-5-2-6-14-21;;;/h2-5,7-10,13,16-19,24-26H,6,11-12,14-15,20H2,1H3;1H3;1H;/q2*-1;;+4/p-1. The van der Waals surface area contributed by atoms with Gasteiger partial charge in [0.15, 0.2) is 0 Å². The van der Waals surface area contributed by atoms with Gasteiger partial charge >= 0.3 is 27.0 Å². The Bertz CT molecular complexity index is 951. The fourth-order valence-electron chi connectivity index (χ4n) is 3.84. The quantitative estimate of drug-likeness (QED) is 0.179. The molecule has 0 fully saturated rings. The third-order valence-corrected chi connectivity index (χ3v) is 5.92. The van der Waals surface area contributed by atoms with E-state index in [-0.39, 0.29) is 13.5 Å². The second kappa shape index (κ2) is 16.4. The van der Waals surface area contributed by atoms with E-state index in [1.807, 2.05) is 78.0 Å². The molecule has 1 N–H and O–H groups in total. The number of hydrogen-bond acceptors (Lipinski definition) is 3. The molecule has 180 valence electrons. The van der Waals surface area contributed by atoms with Crippen LogP contribution in [0.1, 0.15) is 55.3 Å². The average molecular weight is 575 g/mol. The molecule has 33 heavy (non-hydrogen) atoms. The Morgan fingerprint density at radius 3 is 2.15 bits per heavy atom. The monoisotopic (exact) mass is 575 g/mol. The van der Waals surface area contributed by atoms with E-state index in [0.29, 0.717) is 0 Å². The summed E-state index contributed by atoms with van der Waals surface area (Å²) in [4.78, 5) is 0. The van der Waals surface area contributed by atoms with Gasteiger partial charge in [-0.25, -0.2) is 8.42 Å². The third-order valence-electron chi connectivity index (χ3n) is 5.31. The van der Waals surface area contributed by atoms with Gasteiger partial charge in [0.1, 0.15) is 0 Å². The molecule has 2 aromatic rings. The number of nitrogens with zero attached hydrogens (tertiary/aromatic N) is 1. The normalized spacial score (nSPS) is 14.8. The third kappa shape index (κ3) is 11.1. The Hall–Kier alpha value is -1.30. The van der Waals surface area contributed by atoms with E-state index < -0.39 is 16.1 Å². The first-order valence-electron chi connectivity index (χ1n) is 10.8. The maximum atomic E-state index is 12.1. The first-order valence-corrected chi connectivity index (χ1v) is 14.8. The Morgan fingerprint density at radius 2 is 1.61 bits per heavy atom. The van der Waals surface area contributed by atoms with E-state index >= 15 is 0 Å². The number of nitrogens with one attached hydrogen (secondary N) is 1. The van der Waals surface area contributed by atoms with E-state index in [1.165, 1.54) is 12.0 Å². The maximum absolute atomic E-state index is 12.1. The van der Waals surface area contributed by atoms with E-state index in [0.717, 1.165) is 49.6 Å². The summed E-state index contributed by atoms with van der Waals surface area (Å²) in [5.74, 6) is 0. The van der Waals surface area contributed by atoms with Crippen molar-refractivity contribution in [3.8, 4) is 0 Å². The number of benzene rings is 2. The molecule has 4 nitrogen and oxygen atoms in total. The van der Waals surface area contributed by atoms with Crippen LogP contribution < -0.4 is 5.32 Å². The fraction of sp³-hybridized carbons (Fsp3) is 0.346. The number of sulfonamides is 1. The summed E-state index contributed by atoms with van der Waals surface area (Å²) >= 11 is 1.82. The van der Waals surface area contributed by atoms with Gasteiger partial charge in [-0.2, -0.15) is 0 Å². The molecule has 0 saturated carbocycles. The molecule has 2 atom stereocenters. The number of unbranched alkanes of at least 4 members (excludes halogenated alkanes) is 1. The predicted octanol–water partition coefficient (Wildman–Crippen LogP) is 6.98. The minimum absolute atomic E-state index is 0. The Morgan fingerprint density at radius 1 is 1.00 bits per heavy atom. The Kier molecular flexibility index (Phi) is 14.7. The second-order valence-corrected chi connectivity index (χ2v) is 9.46. The zero-order valence-electron chi connectivity index (χ0n) is 19.3. The zero-order valence-corrected chi connectivity index (χ0v) is 22.6. The molecular weight excluding hydrogens is 541 g/mol. The molecule has 0 saturated heterocycles. The van der Waals surface area contributed by atoms with Gasteiger partial charge in [0.25, 0.3) is 0 Å². The fourth-order valence-corrected chi connectivity index (χ4v) is 4.49. The summed E-state index contributed by atoms with van der Waals surface area (Å²) in [6.07, 6.45) is 13.4. The summed E-state index contributed by atoms with van der Waals surface area (Å²) in [7, 11) is 1.07. The molecule has 1 aliphatic rings. The molecule has 0 spiro atoms. The number of allylic oxidation sites excluding steroid dienone is 4. The predicted molar refractivity (Wildman–Crippen MR) is 137 cm³/mol. The van der Waals surface area contributed by atoms with Crippen molar-refractivity contribution in [1.29, 1.82) is 0 Å². The van der Waals surface area contributed by atoms with Gasteiger partial charge in [0, 0.05) is 12.3 Å². The van der Waals surface area contributed by atoms with Crippen molar-refractivity contribution in [2.24, 2.45) is 0 Å². The van der Waals surface area contributed by atoms with Gasteiger partial charge in [-0.05, 0) is 44.2 Å².